The third kappa shape index (κ3) is 1.63. The largest absolute Gasteiger partial charge is 0.496 e. The van der Waals surface area contributed by atoms with Crippen molar-refractivity contribution in [2.75, 3.05) is 7.11 Å². The van der Waals surface area contributed by atoms with Gasteiger partial charge in [-0.25, -0.2) is 0 Å². The van der Waals surface area contributed by atoms with E-state index in [4.69, 9.17) is 9.84 Å². The van der Waals surface area contributed by atoms with Gasteiger partial charge in [0.15, 0.2) is 0 Å². The van der Waals surface area contributed by atoms with Crippen molar-refractivity contribution >= 4 is 11.9 Å². The second-order valence-electron chi connectivity index (χ2n) is 4.58. The fourth-order valence-corrected chi connectivity index (χ4v) is 2.38. The maximum absolute atomic E-state index is 11.5. The first-order valence-corrected chi connectivity index (χ1v) is 5.55. The van der Waals surface area contributed by atoms with Crippen LogP contribution in [0.25, 0.3) is 0 Å². The molecule has 1 aromatic rings. The van der Waals surface area contributed by atoms with Gasteiger partial charge in [0, 0.05) is 5.56 Å². The highest BCUT2D eigenvalue weighted by Crippen LogP contribution is 2.57. The fourth-order valence-electron chi connectivity index (χ4n) is 2.38. The molecule has 1 fully saturated rings. The van der Waals surface area contributed by atoms with E-state index in [1.807, 2.05) is 6.92 Å². The lowest BCUT2D eigenvalue weighted by molar-refractivity contribution is -0.145. The fraction of sp³-hybridized carbons (Fsp3) is 0.385. The molecule has 2 N–H and O–H groups in total. The molecule has 2 rings (SSSR count). The van der Waals surface area contributed by atoms with Gasteiger partial charge in [-0.05, 0) is 19.4 Å². The minimum atomic E-state index is -1.34. The normalized spacial score (nSPS) is 25.6. The minimum absolute atomic E-state index is 0.109. The Labute approximate surface area is 104 Å². The van der Waals surface area contributed by atoms with E-state index in [9.17, 15) is 14.7 Å². The van der Waals surface area contributed by atoms with Crippen LogP contribution in [0.15, 0.2) is 18.2 Å². The number of aliphatic carboxylic acids is 2. The van der Waals surface area contributed by atoms with Gasteiger partial charge in [-0.15, -0.1) is 0 Å². The maximum atomic E-state index is 11.5. The van der Waals surface area contributed by atoms with Crippen molar-refractivity contribution in [3.05, 3.63) is 29.3 Å². The molecule has 1 saturated carbocycles. The van der Waals surface area contributed by atoms with Crippen molar-refractivity contribution in [2.45, 2.75) is 18.8 Å². The van der Waals surface area contributed by atoms with Crippen LogP contribution in [0.3, 0.4) is 0 Å². The summed E-state index contributed by atoms with van der Waals surface area (Å²) in [4.78, 5) is 22.5. The molecule has 2 atom stereocenters. The highest BCUT2D eigenvalue weighted by molar-refractivity contribution is 5.95. The number of carboxylic acid groups (broad SMARTS) is 2. The van der Waals surface area contributed by atoms with Gasteiger partial charge in [0.1, 0.15) is 11.2 Å². The van der Waals surface area contributed by atoms with Crippen LogP contribution in [0.4, 0.5) is 0 Å². The molecule has 5 heteroatoms. The third-order valence-electron chi connectivity index (χ3n) is 3.48. The van der Waals surface area contributed by atoms with Crippen LogP contribution in [-0.4, -0.2) is 29.3 Å². The lowest BCUT2D eigenvalue weighted by Gasteiger charge is -2.16. The van der Waals surface area contributed by atoms with Gasteiger partial charge in [-0.2, -0.15) is 0 Å². The summed E-state index contributed by atoms with van der Waals surface area (Å²) in [6.07, 6.45) is 0.109. The van der Waals surface area contributed by atoms with Crippen molar-refractivity contribution in [1.82, 2.24) is 0 Å². The highest BCUT2D eigenvalue weighted by atomic mass is 16.5. The van der Waals surface area contributed by atoms with Crippen LogP contribution >= 0.6 is 0 Å². The van der Waals surface area contributed by atoms with Crippen molar-refractivity contribution < 1.29 is 24.5 Å². The summed E-state index contributed by atoms with van der Waals surface area (Å²) in [5.41, 5.74) is -0.0178. The quantitative estimate of drug-likeness (QED) is 0.844. The van der Waals surface area contributed by atoms with Crippen LogP contribution in [0.1, 0.15) is 17.5 Å². The Hall–Kier alpha value is -2.04. The molecule has 18 heavy (non-hydrogen) atoms. The molecule has 2 unspecified atom stereocenters. The number of carboxylic acids is 2. The predicted molar refractivity (Wildman–Crippen MR) is 62.8 cm³/mol. The number of hydrogen-bond donors (Lipinski definition) is 2. The summed E-state index contributed by atoms with van der Waals surface area (Å²) >= 11 is 0. The molecule has 1 aliphatic rings. The molecular weight excluding hydrogens is 236 g/mol. The summed E-state index contributed by atoms with van der Waals surface area (Å²) in [6, 6.07) is 5.17. The highest BCUT2D eigenvalue weighted by Gasteiger charge is 2.66. The molecule has 0 radical (unpaired) electrons. The zero-order chi connectivity index (χ0) is 13.5. The number of hydrogen-bond acceptors (Lipinski definition) is 3. The smallest absolute Gasteiger partial charge is 0.315 e. The number of ether oxygens (including phenoxy) is 1. The summed E-state index contributed by atoms with van der Waals surface area (Å²) in [6.45, 7) is 1.83. The average molecular weight is 250 g/mol. The number of aryl methyl sites for hydroxylation is 1. The molecule has 0 heterocycles. The summed E-state index contributed by atoms with van der Waals surface area (Å²) in [5, 5.41) is 18.4. The lowest BCUT2D eigenvalue weighted by atomic mass is 9.91. The molecule has 5 nitrogen and oxygen atoms in total. The van der Waals surface area contributed by atoms with Crippen LogP contribution < -0.4 is 4.74 Å². The summed E-state index contributed by atoms with van der Waals surface area (Å²) < 4.78 is 5.15. The molecule has 1 aliphatic carbocycles. The van der Waals surface area contributed by atoms with Crippen molar-refractivity contribution in [3.63, 3.8) is 0 Å². The van der Waals surface area contributed by atoms with E-state index in [2.05, 4.69) is 0 Å². The second-order valence-corrected chi connectivity index (χ2v) is 4.58. The van der Waals surface area contributed by atoms with E-state index in [0.717, 1.165) is 5.56 Å². The standard InChI is InChI=1S/C13H14O5/c1-7-3-4-10(18-2)8(5-7)13(12(16)17)6-9(13)11(14)15/h3-5,9H,6H2,1-2H3,(H,14,15)(H,16,17). The van der Waals surface area contributed by atoms with Gasteiger partial charge < -0.3 is 14.9 Å². The van der Waals surface area contributed by atoms with E-state index < -0.39 is 23.3 Å². The van der Waals surface area contributed by atoms with Gasteiger partial charge >= 0.3 is 11.9 Å². The summed E-state index contributed by atoms with van der Waals surface area (Å²) in [7, 11) is 1.45. The molecule has 0 aromatic heterocycles. The zero-order valence-corrected chi connectivity index (χ0v) is 10.1. The molecule has 0 amide bonds. The van der Waals surface area contributed by atoms with E-state index in [-0.39, 0.29) is 6.42 Å². The monoisotopic (exact) mass is 250 g/mol. The number of benzene rings is 1. The molecule has 0 saturated heterocycles. The molecular formula is C13H14O5. The van der Waals surface area contributed by atoms with E-state index in [0.29, 0.717) is 11.3 Å². The first kappa shape index (κ1) is 12.4. The second kappa shape index (κ2) is 4.01. The molecule has 0 aliphatic heterocycles. The molecule has 1 aromatic carbocycles. The maximum Gasteiger partial charge on any atom is 0.315 e. The Balaban J connectivity index is 2.55. The number of methoxy groups -OCH3 is 1. The van der Waals surface area contributed by atoms with Gasteiger partial charge in [-0.1, -0.05) is 17.7 Å². The van der Waals surface area contributed by atoms with Crippen molar-refractivity contribution in [3.8, 4) is 5.75 Å². The van der Waals surface area contributed by atoms with Gasteiger partial charge in [0.05, 0.1) is 13.0 Å². The topological polar surface area (TPSA) is 83.8 Å². The zero-order valence-electron chi connectivity index (χ0n) is 10.1. The Morgan fingerprint density at radius 2 is 2.06 bits per heavy atom. The first-order valence-electron chi connectivity index (χ1n) is 5.55. The van der Waals surface area contributed by atoms with Crippen LogP contribution in [0.2, 0.25) is 0 Å². The summed E-state index contributed by atoms with van der Waals surface area (Å²) in [5.74, 6) is -2.66. The minimum Gasteiger partial charge on any atom is -0.496 e. The average Bonchev–Trinajstić information content (AvgIpc) is 3.05. The Morgan fingerprint density at radius 1 is 1.39 bits per heavy atom. The van der Waals surface area contributed by atoms with Crippen LogP contribution in [-0.2, 0) is 15.0 Å². The Bertz CT molecular complexity index is 522. The number of rotatable bonds is 4. The van der Waals surface area contributed by atoms with E-state index >= 15 is 0 Å². The third-order valence-corrected chi connectivity index (χ3v) is 3.48. The van der Waals surface area contributed by atoms with Crippen LogP contribution in [0, 0.1) is 12.8 Å². The molecule has 96 valence electrons. The predicted octanol–water partition coefficient (Wildman–Crippen LogP) is 1.43. The van der Waals surface area contributed by atoms with Crippen molar-refractivity contribution in [2.24, 2.45) is 5.92 Å². The lowest BCUT2D eigenvalue weighted by Crippen LogP contribution is -2.26. The van der Waals surface area contributed by atoms with Crippen molar-refractivity contribution in [1.29, 1.82) is 0 Å². The van der Waals surface area contributed by atoms with E-state index in [1.54, 1.807) is 18.2 Å². The number of carbonyl (C=O) groups is 2. The SMILES string of the molecule is COc1ccc(C)cc1C1(C(=O)O)CC1C(=O)O. The molecule has 0 spiro atoms. The van der Waals surface area contributed by atoms with Gasteiger partial charge in [-0.3, -0.25) is 9.59 Å². The Kier molecular flexibility index (Phi) is 2.77. The van der Waals surface area contributed by atoms with E-state index in [1.165, 1.54) is 7.11 Å². The first-order chi connectivity index (χ1) is 8.43. The molecule has 0 bridgehead atoms. The van der Waals surface area contributed by atoms with Crippen LogP contribution in [0.5, 0.6) is 5.75 Å². The van der Waals surface area contributed by atoms with Gasteiger partial charge in [0.25, 0.3) is 0 Å². The Morgan fingerprint density at radius 3 is 2.50 bits per heavy atom. The van der Waals surface area contributed by atoms with Gasteiger partial charge in [0.2, 0.25) is 0 Å².